The molecule has 0 saturated heterocycles. The van der Waals surface area contributed by atoms with Crippen molar-refractivity contribution in [2.45, 2.75) is 39.5 Å². The molecule has 0 atom stereocenters. The number of rotatable bonds is 5. The van der Waals surface area contributed by atoms with E-state index in [2.05, 4.69) is 0 Å². The first-order valence-electron chi connectivity index (χ1n) is 4.83. The van der Waals surface area contributed by atoms with Crippen molar-refractivity contribution in [1.82, 2.24) is 0 Å². The molecule has 0 bridgehead atoms. The highest BCUT2D eigenvalue weighted by molar-refractivity contribution is 5.49. The molecule has 0 aromatic heterocycles. The van der Waals surface area contributed by atoms with Crippen LogP contribution in [-0.4, -0.2) is 36.0 Å². The van der Waals surface area contributed by atoms with E-state index in [0.29, 0.717) is 12.8 Å². The third kappa shape index (κ3) is 65.3. The number of carbonyl (C=O) groups is 2. The van der Waals surface area contributed by atoms with Crippen molar-refractivity contribution in [3.05, 3.63) is 0 Å². The summed E-state index contributed by atoms with van der Waals surface area (Å²) in [6.07, 6.45) is 5.23. The standard InChI is InChI=1S/2C4H8O.C2H6O2/c2*1-2-3-4-5;3-1-2-4/h2*4H,2-3H2,1H3;3-4H,1-2H2. The molecular weight excluding hydrogens is 184 g/mol. The molecular formula is C10H22O4. The molecule has 0 aromatic rings. The first-order valence-corrected chi connectivity index (χ1v) is 4.83. The van der Waals surface area contributed by atoms with E-state index >= 15 is 0 Å². The Morgan fingerprint density at radius 1 is 0.857 bits per heavy atom. The van der Waals surface area contributed by atoms with Crippen LogP contribution in [-0.2, 0) is 9.59 Å². The lowest BCUT2D eigenvalue weighted by atomic mass is 10.4. The van der Waals surface area contributed by atoms with Crippen LogP contribution in [0.3, 0.4) is 0 Å². The van der Waals surface area contributed by atoms with Crippen molar-refractivity contribution >= 4 is 12.6 Å². The Kier molecular flexibility index (Phi) is 39.9. The van der Waals surface area contributed by atoms with E-state index < -0.39 is 0 Å². The molecule has 0 saturated carbocycles. The van der Waals surface area contributed by atoms with Gasteiger partial charge >= 0.3 is 0 Å². The molecule has 0 unspecified atom stereocenters. The molecule has 4 nitrogen and oxygen atoms in total. The molecule has 2 N–H and O–H groups in total. The number of aldehydes is 2. The van der Waals surface area contributed by atoms with Crippen LogP contribution in [0.1, 0.15) is 39.5 Å². The number of hydrogen-bond acceptors (Lipinski definition) is 4. The maximum Gasteiger partial charge on any atom is 0.119 e. The lowest BCUT2D eigenvalue weighted by Crippen LogP contribution is -1.85. The summed E-state index contributed by atoms with van der Waals surface area (Å²) in [4.78, 5) is 18.8. The smallest absolute Gasteiger partial charge is 0.119 e. The zero-order valence-corrected chi connectivity index (χ0v) is 9.11. The van der Waals surface area contributed by atoms with Crippen molar-refractivity contribution in [2.24, 2.45) is 0 Å². The Bertz CT molecular complexity index is 82.1. The van der Waals surface area contributed by atoms with Gasteiger partial charge in [-0.05, 0) is 12.8 Å². The summed E-state index contributed by atoms with van der Waals surface area (Å²) in [7, 11) is 0. The van der Waals surface area contributed by atoms with E-state index in [9.17, 15) is 9.59 Å². The van der Waals surface area contributed by atoms with Gasteiger partial charge in [0.2, 0.25) is 0 Å². The molecule has 0 spiro atoms. The average Bonchev–Trinajstić information content (AvgIpc) is 2.22. The van der Waals surface area contributed by atoms with Crippen LogP contribution < -0.4 is 0 Å². The SMILES string of the molecule is CCCC=O.CCCC=O.OCCO. The van der Waals surface area contributed by atoms with Crippen LogP contribution in [0.5, 0.6) is 0 Å². The zero-order valence-electron chi connectivity index (χ0n) is 9.11. The fourth-order valence-electron chi connectivity index (χ4n) is 0.236. The van der Waals surface area contributed by atoms with Crippen molar-refractivity contribution in [2.75, 3.05) is 13.2 Å². The number of aliphatic hydroxyl groups is 2. The first kappa shape index (κ1) is 18.9. The van der Waals surface area contributed by atoms with Crippen LogP contribution in [0.4, 0.5) is 0 Å². The molecule has 14 heavy (non-hydrogen) atoms. The molecule has 0 amide bonds. The Morgan fingerprint density at radius 2 is 1.14 bits per heavy atom. The quantitative estimate of drug-likeness (QED) is 0.656. The van der Waals surface area contributed by atoms with Gasteiger partial charge in [-0.2, -0.15) is 0 Å². The minimum Gasteiger partial charge on any atom is -0.394 e. The third-order valence-electron chi connectivity index (χ3n) is 0.913. The topological polar surface area (TPSA) is 74.6 Å². The van der Waals surface area contributed by atoms with Gasteiger partial charge in [-0.3, -0.25) is 0 Å². The van der Waals surface area contributed by atoms with Gasteiger partial charge in [0.05, 0.1) is 13.2 Å². The molecule has 0 aliphatic rings. The van der Waals surface area contributed by atoms with Gasteiger partial charge in [0.15, 0.2) is 0 Å². The van der Waals surface area contributed by atoms with Gasteiger partial charge in [-0.25, -0.2) is 0 Å². The van der Waals surface area contributed by atoms with Crippen LogP contribution in [0.25, 0.3) is 0 Å². The number of aliphatic hydroxyl groups excluding tert-OH is 2. The van der Waals surface area contributed by atoms with Crippen molar-refractivity contribution in [1.29, 1.82) is 0 Å². The van der Waals surface area contributed by atoms with E-state index in [0.717, 1.165) is 25.4 Å². The largest absolute Gasteiger partial charge is 0.394 e. The van der Waals surface area contributed by atoms with Crippen molar-refractivity contribution in [3.8, 4) is 0 Å². The molecule has 4 heteroatoms. The minimum absolute atomic E-state index is 0.125. The van der Waals surface area contributed by atoms with Crippen molar-refractivity contribution in [3.63, 3.8) is 0 Å². The van der Waals surface area contributed by atoms with Crippen molar-refractivity contribution < 1.29 is 19.8 Å². The van der Waals surface area contributed by atoms with Crippen LogP contribution in [0.15, 0.2) is 0 Å². The second-order valence-corrected chi connectivity index (χ2v) is 2.36. The molecule has 0 heterocycles. The number of hydrogen-bond donors (Lipinski definition) is 2. The second kappa shape index (κ2) is 29.5. The monoisotopic (exact) mass is 206 g/mol. The maximum absolute atomic E-state index is 9.40. The molecule has 0 fully saturated rings. The van der Waals surface area contributed by atoms with Gasteiger partial charge < -0.3 is 19.8 Å². The Balaban J connectivity index is -0.000000131. The van der Waals surface area contributed by atoms with E-state index in [1.165, 1.54) is 0 Å². The van der Waals surface area contributed by atoms with E-state index in [4.69, 9.17) is 10.2 Å². The van der Waals surface area contributed by atoms with Gasteiger partial charge in [-0.1, -0.05) is 13.8 Å². The minimum atomic E-state index is -0.125. The predicted octanol–water partition coefficient (Wildman–Crippen LogP) is 0.942. The predicted molar refractivity (Wildman–Crippen MR) is 56.1 cm³/mol. The maximum atomic E-state index is 9.40. The summed E-state index contributed by atoms with van der Waals surface area (Å²) in [5.74, 6) is 0. The van der Waals surface area contributed by atoms with Crippen LogP contribution >= 0.6 is 0 Å². The Morgan fingerprint density at radius 3 is 1.14 bits per heavy atom. The van der Waals surface area contributed by atoms with E-state index in [-0.39, 0.29) is 13.2 Å². The van der Waals surface area contributed by atoms with Crippen LogP contribution in [0.2, 0.25) is 0 Å². The average molecular weight is 206 g/mol. The van der Waals surface area contributed by atoms with Gasteiger partial charge in [0, 0.05) is 12.8 Å². The summed E-state index contributed by atoms with van der Waals surface area (Å²) in [6.45, 7) is 3.71. The molecule has 0 rings (SSSR count). The van der Waals surface area contributed by atoms with Gasteiger partial charge in [-0.15, -0.1) is 0 Å². The lowest BCUT2D eigenvalue weighted by Gasteiger charge is -1.70. The first-order chi connectivity index (χ1) is 6.74. The van der Waals surface area contributed by atoms with Gasteiger partial charge in [0.1, 0.15) is 12.6 Å². The molecule has 86 valence electrons. The second-order valence-electron chi connectivity index (χ2n) is 2.36. The molecule has 0 aromatic carbocycles. The molecule has 0 aliphatic heterocycles. The summed E-state index contributed by atoms with van der Waals surface area (Å²) in [5.41, 5.74) is 0. The summed E-state index contributed by atoms with van der Waals surface area (Å²) >= 11 is 0. The Hall–Kier alpha value is -0.740. The zero-order chi connectivity index (χ0) is 11.7. The highest BCUT2D eigenvalue weighted by Crippen LogP contribution is 1.75. The normalized spacial score (nSPS) is 7.43. The fourth-order valence-corrected chi connectivity index (χ4v) is 0.236. The third-order valence-corrected chi connectivity index (χ3v) is 0.913. The Labute approximate surface area is 85.9 Å². The molecule has 0 radical (unpaired) electrons. The summed E-state index contributed by atoms with van der Waals surface area (Å²) in [6, 6.07) is 0. The number of carbonyl (C=O) groups excluding carboxylic acids is 2. The number of unbranched alkanes of at least 4 members (excludes halogenated alkanes) is 2. The summed E-state index contributed by atoms with van der Waals surface area (Å²) < 4.78 is 0. The van der Waals surface area contributed by atoms with E-state index in [1.807, 2.05) is 13.8 Å². The van der Waals surface area contributed by atoms with E-state index in [1.54, 1.807) is 0 Å². The van der Waals surface area contributed by atoms with Crippen LogP contribution in [0, 0.1) is 0 Å². The lowest BCUT2D eigenvalue weighted by molar-refractivity contribution is -0.108. The fraction of sp³-hybridized carbons (Fsp3) is 0.800. The van der Waals surface area contributed by atoms with Gasteiger partial charge in [0.25, 0.3) is 0 Å². The highest BCUT2D eigenvalue weighted by Gasteiger charge is 1.67. The highest BCUT2D eigenvalue weighted by atomic mass is 16.3. The summed E-state index contributed by atoms with van der Waals surface area (Å²) in [5, 5.41) is 15.2. The molecule has 0 aliphatic carbocycles.